The standard InChI is InChI=1S/C12H23NO5S/c1-13(9-11-5-3-7-18-10-11)19(15,16)8-4-6-12(14)17-2/h11H,3-10H2,1-2H3. The molecule has 7 heteroatoms. The quantitative estimate of drug-likeness (QED) is 0.644. The van der Waals surface area contributed by atoms with Gasteiger partial charge in [-0.15, -0.1) is 0 Å². The van der Waals surface area contributed by atoms with Crippen molar-refractivity contribution in [3.63, 3.8) is 0 Å². The molecule has 0 amide bonds. The summed E-state index contributed by atoms with van der Waals surface area (Å²) in [4.78, 5) is 10.9. The maximum Gasteiger partial charge on any atom is 0.305 e. The van der Waals surface area contributed by atoms with E-state index >= 15 is 0 Å². The zero-order chi connectivity index (χ0) is 14.3. The van der Waals surface area contributed by atoms with Crippen molar-refractivity contribution in [2.75, 3.05) is 39.7 Å². The second-order valence-electron chi connectivity index (χ2n) is 4.86. The molecule has 0 aromatic rings. The molecule has 0 N–H and O–H groups in total. The zero-order valence-electron chi connectivity index (χ0n) is 11.6. The molecule has 6 nitrogen and oxygen atoms in total. The van der Waals surface area contributed by atoms with Crippen LogP contribution in [-0.4, -0.2) is 58.4 Å². The van der Waals surface area contributed by atoms with E-state index in [9.17, 15) is 13.2 Å². The lowest BCUT2D eigenvalue weighted by Crippen LogP contribution is -2.36. The number of esters is 1. The number of carbonyl (C=O) groups is 1. The number of nitrogens with zero attached hydrogens (tertiary/aromatic N) is 1. The van der Waals surface area contributed by atoms with Gasteiger partial charge in [0, 0.05) is 26.6 Å². The van der Waals surface area contributed by atoms with Crippen LogP contribution in [0, 0.1) is 5.92 Å². The molecule has 0 aromatic heterocycles. The Hall–Kier alpha value is -0.660. The highest BCUT2D eigenvalue weighted by Gasteiger charge is 2.23. The predicted octanol–water partition coefficient (Wildman–Crippen LogP) is 0.628. The average molecular weight is 293 g/mol. The maximum absolute atomic E-state index is 12.0. The minimum Gasteiger partial charge on any atom is -0.469 e. The van der Waals surface area contributed by atoms with Gasteiger partial charge in [0.25, 0.3) is 0 Å². The van der Waals surface area contributed by atoms with Crippen LogP contribution in [0.3, 0.4) is 0 Å². The molecule has 1 rings (SSSR count). The van der Waals surface area contributed by atoms with Crippen molar-refractivity contribution in [2.24, 2.45) is 5.92 Å². The lowest BCUT2D eigenvalue weighted by molar-refractivity contribution is -0.140. The van der Waals surface area contributed by atoms with Crippen molar-refractivity contribution in [2.45, 2.75) is 25.7 Å². The first kappa shape index (κ1) is 16.4. The molecule has 1 heterocycles. The molecule has 0 aliphatic carbocycles. The Morgan fingerprint density at radius 2 is 2.21 bits per heavy atom. The third-order valence-electron chi connectivity index (χ3n) is 3.26. The monoisotopic (exact) mass is 293 g/mol. The number of sulfonamides is 1. The fraction of sp³-hybridized carbons (Fsp3) is 0.917. The van der Waals surface area contributed by atoms with Crippen LogP contribution in [0.2, 0.25) is 0 Å². The molecule has 0 spiro atoms. The van der Waals surface area contributed by atoms with Gasteiger partial charge in [0.1, 0.15) is 0 Å². The first-order chi connectivity index (χ1) is 8.95. The van der Waals surface area contributed by atoms with Gasteiger partial charge in [0.15, 0.2) is 0 Å². The van der Waals surface area contributed by atoms with Gasteiger partial charge in [0.05, 0.1) is 19.5 Å². The van der Waals surface area contributed by atoms with Crippen LogP contribution < -0.4 is 0 Å². The van der Waals surface area contributed by atoms with E-state index in [2.05, 4.69) is 4.74 Å². The second-order valence-corrected chi connectivity index (χ2v) is 7.05. The highest BCUT2D eigenvalue weighted by Crippen LogP contribution is 2.16. The van der Waals surface area contributed by atoms with Gasteiger partial charge in [-0.3, -0.25) is 4.79 Å². The molecule has 1 saturated heterocycles. The molecule has 1 atom stereocenters. The minimum absolute atomic E-state index is 0.0216. The lowest BCUT2D eigenvalue weighted by atomic mass is 10.0. The summed E-state index contributed by atoms with van der Waals surface area (Å²) in [6, 6.07) is 0. The van der Waals surface area contributed by atoms with E-state index in [0.29, 0.717) is 19.6 Å². The molecule has 0 saturated carbocycles. The van der Waals surface area contributed by atoms with E-state index in [1.54, 1.807) is 7.05 Å². The van der Waals surface area contributed by atoms with E-state index in [1.165, 1.54) is 11.4 Å². The third kappa shape index (κ3) is 5.88. The Kier molecular flexibility index (Phi) is 6.74. The summed E-state index contributed by atoms with van der Waals surface area (Å²) in [5.41, 5.74) is 0. The van der Waals surface area contributed by atoms with E-state index in [0.717, 1.165) is 19.4 Å². The third-order valence-corrected chi connectivity index (χ3v) is 5.16. The van der Waals surface area contributed by atoms with Crippen LogP contribution in [0.1, 0.15) is 25.7 Å². The van der Waals surface area contributed by atoms with Crippen LogP contribution in [0.25, 0.3) is 0 Å². The fourth-order valence-electron chi connectivity index (χ4n) is 2.09. The van der Waals surface area contributed by atoms with Gasteiger partial charge in [-0.2, -0.15) is 0 Å². The van der Waals surface area contributed by atoms with Gasteiger partial charge in [-0.25, -0.2) is 12.7 Å². The fourth-order valence-corrected chi connectivity index (χ4v) is 3.34. The molecule has 0 radical (unpaired) electrons. The normalized spacial score (nSPS) is 20.5. The van der Waals surface area contributed by atoms with Gasteiger partial charge in [-0.05, 0) is 25.2 Å². The van der Waals surface area contributed by atoms with Crippen LogP contribution in [-0.2, 0) is 24.3 Å². The summed E-state index contributed by atoms with van der Waals surface area (Å²) in [7, 11) is -0.410. The lowest BCUT2D eigenvalue weighted by Gasteiger charge is -2.26. The number of ether oxygens (including phenoxy) is 2. The summed E-state index contributed by atoms with van der Waals surface area (Å²) >= 11 is 0. The Morgan fingerprint density at radius 3 is 2.79 bits per heavy atom. The molecule has 0 bridgehead atoms. The molecule has 1 aliphatic heterocycles. The van der Waals surface area contributed by atoms with E-state index < -0.39 is 10.0 Å². The highest BCUT2D eigenvalue weighted by molar-refractivity contribution is 7.89. The predicted molar refractivity (Wildman–Crippen MR) is 71.2 cm³/mol. The Morgan fingerprint density at radius 1 is 1.47 bits per heavy atom. The largest absolute Gasteiger partial charge is 0.469 e. The molecule has 112 valence electrons. The van der Waals surface area contributed by atoms with Crippen LogP contribution in [0.5, 0.6) is 0 Å². The number of rotatable bonds is 7. The summed E-state index contributed by atoms with van der Waals surface area (Å²) in [5.74, 6) is -0.126. The summed E-state index contributed by atoms with van der Waals surface area (Å²) in [5, 5.41) is 0. The molecule has 19 heavy (non-hydrogen) atoms. The number of hydrogen-bond acceptors (Lipinski definition) is 5. The van der Waals surface area contributed by atoms with Crippen LogP contribution >= 0.6 is 0 Å². The molecule has 1 aliphatic rings. The Bertz CT molecular complexity index is 376. The van der Waals surface area contributed by atoms with Crippen molar-refractivity contribution in [3.05, 3.63) is 0 Å². The van der Waals surface area contributed by atoms with Gasteiger partial charge in [0.2, 0.25) is 10.0 Å². The van der Waals surface area contributed by atoms with E-state index in [1.807, 2.05) is 0 Å². The SMILES string of the molecule is COC(=O)CCCS(=O)(=O)N(C)CC1CCCOC1. The Balaban J connectivity index is 2.35. The zero-order valence-corrected chi connectivity index (χ0v) is 12.4. The highest BCUT2D eigenvalue weighted by atomic mass is 32.2. The Labute approximate surface area is 115 Å². The first-order valence-corrected chi connectivity index (χ1v) is 8.15. The summed E-state index contributed by atoms with van der Waals surface area (Å²) < 4.78 is 35.2. The van der Waals surface area contributed by atoms with Crippen molar-refractivity contribution in [1.82, 2.24) is 4.31 Å². The minimum atomic E-state index is -3.29. The van der Waals surface area contributed by atoms with E-state index in [-0.39, 0.29) is 24.1 Å². The number of hydrogen-bond donors (Lipinski definition) is 0. The molecule has 1 unspecified atom stereocenters. The van der Waals surface area contributed by atoms with Gasteiger partial charge >= 0.3 is 5.97 Å². The smallest absolute Gasteiger partial charge is 0.305 e. The van der Waals surface area contributed by atoms with Gasteiger partial charge in [-0.1, -0.05) is 0 Å². The number of methoxy groups -OCH3 is 1. The van der Waals surface area contributed by atoms with E-state index in [4.69, 9.17) is 4.74 Å². The maximum atomic E-state index is 12.0. The molecular weight excluding hydrogens is 270 g/mol. The summed E-state index contributed by atoms with van der Waals surface area (Å²) in [6.45, 7) is 1.88. The topological polar surface area (TPSA) is 72.9 Å². The van der Waals surface area contributed by atoms with Crippen molar-refractivity contribution in [1.29, 1.82) is 0 Å². The van der Waals surface area contributed by atoms with Crippen molar-refractivity contribution < 1.29 is 22.7 Å². The molecular formula is C12H23NO5S. The first-order valence-electron chi connectivity index (χ1n) is 6.54. The second kappa shape index (κ2) is 7.81. The molecule has 0 aromatic carbocycles. The number of carbonyl (C=O) groups excluding carboxylic acids is 1. The average Bonchev–Trinajstić information content (AvgIpc) is 2.39. The molecule has 1 fully saturated rings. The van der Waals surface area contributed by atoms with Crippen molar-refractivity contribution >= 4 is 16.0 Å². The van der Waals surface area contributed by atoms with Crippen LogP contribution in [0.15, 0.2) is 0 Å². The van der Waals surface area contributed by atoms with Crippen LogP contribution in [0.4, 0.5) is 0 Å². The van der Waals surface area contributed by atoms with Gasteiger partial charge < -0.3 is 9.47 Å². The van der Waals surface area contributed by atoms with Crippen molar-refractivity contribution in [3.8, 4) is 0 Å². The summed E-state index contributed by atoms with van der Waals surface area (Å²) in [6.07, 6.45) is 2.42.